The summed E-state index contributed by atoms with van der Waals surface area (Å²) in [6.45, 7) is 0.117. The Bertz CT molecular complexity index is 820. The van der Waals surface area contributed by atoms with E-state index in [1.165, 1.54) is 0 Å². The molecule has 0 aromatic heterocycles. The van der Waals surface area contributed by atoms with Gasteiger partial charge in [-0.2, -0.15) is 0 Å². The molecule has 1 unspecified atom stereocenters. The van der Waals surface area contributed by atoms with Gasteiger partial charge in [-0.3, -0.25) is 4.79 Å². The number of aryl methyl sites for hydroxylation is 1. The molecule has 0 aliphatic heterocycles. The lowest BCUT2D eigenvalue weighted by atomic mass is 9.95. The minimum Gasteiger partial charge on any atom is -0.497 e. The van der Waals surface area contributed by atoms with Crippen LogP contribution < -0.4 is 19.5 Å². The second-order valence-electron chi connectivity index (χ2n) is 6.31. The molecule has 0 saturated carbocycles. The van der Waals surface area contributed by atoms with Crippen molar-refractivity contribution in [2.24, 2.45) is 0 Å². The highest BCUT2D eigenvalue weighted by Crippen LogP contribution is 2.42. The smallest absolute Gasteiger partial charge is 0.251 e. The zero-order valence-electron chi connectivity index (χ0n) is 15.2. The summed E-state index contributed by atoms with van der Waals surface area (Å²) < 4.78 is 15.8. The minimum atomic E-state index is -1.14. The number of amides is 1. The summed E-state index contributed by atoms with van der Waals surface area (Å²) in [4.78, 5) is 12.4. The molecule has 6 heteroatoms. The SMILES string of the molecule is COc1cccc(C(=O)NCC2(O)CCc3cc(OC)c(OC)cc32)c1. The Hall–Kier alpha value is -2.73. The van der Waals surface area contributed by atoms with E-state index in [0.717, 1.165) is 11.1 Å². The molecule has 138 valence electrons. The number of rotatable bonds is 6. The van der Waals surface area contributed by atoms with E-state index in [1.807, 2.05) is 6.07 Å². The van der Waals surface area contributed by atoms with Gasteiger partial charge in [-0.15, -0.1) is 0 Å². The fourth-order valence-electron chi connectivity index (χ4n) is 3.31. The molecular weight excluding hydrogens is 334 g/mol. The van der Waals surface area contributed by atoms with Crippen LogP contribution in [0.4, 0.5) is 0 Å². The molecule has 0 bridgehead atoms. The van der Waals surface area contributed by atoms with E-state index in [9.17, 15) is 9.90 Å². The van der Waals surface area contributed by atoms with E-state index < -0.39 is 5.60 Å². The number of hydrogen-bond donors (Lipinski definition) is 2. The van der Waals surface area contributed by atoms with Crippen molar-refractivity contribution in [1.29, 1.82) is 0 Å². The molecule has 26 heavy (non-hydrogen) atoms. The molecule has 2 N–H and O–H groups in total. The molecule has 2 aromatic rings. The topological polar surface area (TPSA) is 77.0 Å². The van der Waals surface area contributed by atoms with E-state index in [2.05, 4.69) is 5.32 Å². The Morgan fingerprint density at radius 3 is 2.54 bits per heavy atom. The lowest BCUT2D eigenvalue weighted by Crippen LogP contribution is -2.39. The summed E-state index contributed by atoms with van der Waals surface area (Å²) in [5.74, 6) is 1.55. The van der Waals surface area contributed by atoms with Gasteiger partial charge in [-0.25, -0.2) is 0 Å². The van der Waals surface area contributed by atoms with Crippen LogP contribution in [0.25, 0.3) is 0 Å². The summed E-state index contributed by atoms with van der Waals surface area (Å²) in [6, 6.07) is 10.6. The van der Waals surface area contributed by atoms with Crippen molar-refractivity contribution in [1.82, 2.24) is 5.32 Å². The Kier molecular flexibility index (Phi) is 5.04. The van der Waals surface area contributed by atoms with E-state index >= 15 is 0 Å². The third kappa shape index (κ3) is 3.32. The molecule has 1 amide bonds. The van der Waals surface area contributed by atoms with Crippen molar-refractivity contribution >= 4 is 5.91 Å². The average molecular weight is 357 g/mol. The number of fused-ring (bicyclic) bond motifs is 1. The molecule has 0 fully saturated rings. The molecule has 1 aliphatic rings. The molecular formula is C20H23NO5. The second kappa shape index (κ2) is 7.25. The third-order valence-corrected chi connectivity index (χ3v) is 4.79. The monoisotopic (exact) mass is 357 g/mol. The fraction of sp³-hybridized carbons (Fsp3) is 0.350. The summed E-state index contributed by atoms with van der Waals surface area (Å²) in [5.41, 5.74) is 1.11. The third-order valence-electron chi connectivity index (χ3n) is 4.79. The van der Waals surface area contributed by atoms with Crippen molar-refractivity contribution in [2.75, 3.05) is 27.9 Å². The van der Waals surface area contributed by atoms with Gasteiger partial charge < -0.3 is 24.6 Å². The maximum atomic E-state index is 12.4. The Morgan fingerprint density at radius 1 is 1.12 bits per heavy atom. The predicted octanol–water partition coefficient (Wildman–Crippen LogP) is 2.28. The lowest BCUT2D eigenvalue weighted by molar-refractivity contribution is 0.0368. The van der Waals surface area contributed by atoms with E-state index in [-0.39, 0.29) is 12.5 Å². The molecule has 0 heterocycles. The number of methoxy groups -OCH3 is 3. The molecule has 2 aromatic carbocycles. The van der Waals surface area contributed by atoms with E-state index in [1.54, 1.807) is 51.7 Å². The number of nitrogens with one attached hydrogen (secondary N) is 1. The zero-order chi connectivity index (χ0) is 18.7. The summed E-state index contributed by atoms with van der Waals surface area (Å²) >= 11 is 0. The minimum absolute atomic E-state index is 0.117. The van der Waals surface area contributed by atoms with Crippen LogP contribution in [-0.4, -0.2) is 38.9 Å². The van der Waals surface area contributed by atoms with Crippen LogP contribution >= 0.6 is 0 Å². The highest BCUT2D eigenvalue weighted by Gasteiger charge is 2.38. The summed E-state index contributed by atoms with van der Waals surface area (Å²) in [6.07, 6.45) is 1.23. The van der Waals surface area contributed by atoms with Crippen molar-refractivity contribution in [3.63, 3.8) is 0 Å². The number of benzene rings is 2. The highest BCUT2D eigenvalue weighted by molar-refractivity contribution is 5.94. The molecule has 0 radical (unpaired) electrons. The highest BCUT2D eigenvalue weighted by atomic mass is 16.5. The van der Waals surface area contributed by atoms with Crippen LogP contribution in [0.5, 0.6) is 17.2 Å². The first-order valence-electron chi connectivity index (χ1n) is 8.41. The van der Waals surface area contributed by atoms with E-state index in [0.29, 0.717) is 35.7 Å². The maximum absolute atomic E-state index is 12.4. The van der Waals surface area contributed by atoms with Gasteiger partial charge in [-0.05, 0) is 54.3 Å². The van der Waals surface area contributed by atoms with Crippen molar-refractivity contribution in [3.05, 3.63) is 53.1 Å². The van der Waals surface area contributed by atoms with Gasteiger partial charge in [-0.1, -0.05) is 6.07 Å². The molecule has 1 atom stereocenters. The van der Waals surface area contributed by atoms with Crippen LogP contribution in [0.15, 0.2) is 36.4 Å². The van der Waals surface area contributed by atoms with Gasteiger partial charge in [0.2, 0.25) is 0 Å². The summed E-state index contributed by atoms with van der Waals surface area (Å²) in [5, 5.41) is 13.9. The zero-order valence-corrected chi connectivity index (χ0v) is 15.2. The van der Waals surface area contributed by atoms with Gasteiger partial charge >= 0.3 is 0 Å². The first-order valence-corrected chi connectivity index (χ1v) is 8.41. The van der Waals surface area contributed by atoms with Gasteiger partial charge in [0, 0.05) is 5.56 Å². The quantitative estimate of drug-likeness (QED) is 0.829. The Labute approximate surface area is 152 Å². The van der Waals surface area contributed by atoms with Crippen LogP contribution in [-0.2, 0) is 12.0 Å². The van der Waals surface area contributed by atoms with Crippen LogP contribution in [0.2, 0.25) is 0 Å². The summed E-state index contributed by atoms with van der Waals surface area (Å²) in [7, 11) is 4.69. The van der Waals surface area contributed by atoms with Gasteiger partial charge in [0.05, 0.1) is 27.9 Å². The average Bonchev–Trinajstić information content (AvgIpc) is 3.01. The van der Waals surface area contributed by atoms with Crippen LogP contribution in [0.3, 0.4) is 0 Å². The standard InChI is InChI=1S/C20H23NO5/c1-24-15-6-4-5-14(9-15)19(22)21-12-20(23)8-7-13-10-17(25-2)18(26-3)11-16(13)20/h4-6,9-11,23H,7-8,12H2,1-3H3,(H,21,22). The normalized spacial score (nSPS) is 18.2. The van der Waals surface area contributed by atoms with Crippen molar-refractivity contribution in [2.45, 2.75) is 18.4 Å². The van der Waals surface area contributed by atoms with Crippen molar-refractivity contribution in [3.8, 4) is 17.2 Å². The molecule has 0 saturated heterocycles. The predicted molar refractivity (Wildman–Crippen MR) is 97.1 cm³/mol. The number of aliphatic hydroxyl groups is 1. The maximum Gasteiger partial charge on any atom is 0.251 e. The molecule has 3 rings (SSSR count). The lowest BCUT2D eigenvalue weighted by Gasteiger charge is -2.25. The molecule has 0 spiro atoms. The van der Waals surface area contributed by atoms with Gasteiger partial charge in [0.1, 0.15) is 11.4 Å². The fourth-order valence-corrected chi connectivity index (χ4v) is 3.31. The number of ether oxygens (including phenoxy) is 3. The van der Waals surface area contributed by atoms with Gasteiger partial charge in [0.25, 0.3) is 5.91 Å². The first kappa shape index (κ1) is 18.1. The first-order chi connectivity index (χ1) is 12.5. The number of carbonyl (C=O) groups excluding carboxylic acids is 1. The van der Waals surface area contributed by atoms with Crippen molar-refractivity contribution < 1.29 is 24.1 Å². The van der Waals surface area contributed by atoms with Crippen LogP contribution in [0.1, 0.15) is 27.9 Å². The Balaban J connectivity index is 1.78. The second-order valence-corrected chi connectivity index (χ2v) is 6.31. The number of hydrogen-bond acceptors (Lipinski definition) is 5. The Morgan fingerprint density at radius 2 is 1.85 bits per heavy atom. The van der Waals surface area contributed by atoms with E-state index in [4.69, 9.17) is 14.2 Å². The molecule has 1 aliphatic carbocycles. The number of carbonyl (C=O) groups is 1. The molecule has 6 nitrogen and oxygen atoms in total. The van der Waals surface area contributed by atoms with Crippen LogP contribution in [0, 0.1) is 0 Å². The van der Waals surface area contributed by atoms with Gasteiger partial charge in [0.15, 0.2) is 11.5 Å². The largest absolute Gasteiger partial charge is 0.497 e.